The van der Waals surface area contributed by atoms with E-state index in [0.29, 0.717) is 0 Å². The van der Waals surface area contributed by atoms with E-state index in [4.69, 9.17) is 0 Å². The van der Waals surface area contributed by atoms with Gasteiger partial charge in [-0.15, -0.1) is 0 Å². The van der Waals surface area contributed by atoms with E-state index < -0.39 is 12.3 Å². The summed E-state index contributed by atoms with van der Waals surface area (Å²) in [7, 11) is 0. The SMILES string of the molecule is [Eu+2].c1ccc([B-](c2ccccc2)(c2ccccc2)c2ccccc2)cc1.c1ccc([B-](c2ccccc2)(c2ccccc2)c2ccccc2)cc1. The Morgan fingerprint density at radius 2 is 0.255 bits per heavy atom. The van der Waals surface area contributed by atoms with Gasteiger partial charge in [0, 0.05) is 0 Å². The van der Waals surface area contributed by atoms with E-state index in [2.05, 4.69) is 243 Å². The van der Waals surface area contributed by atoms with Crippen molar-refractivity contribution in [2.24, 2.45) is 0 Å². The molecule has 51 heavy (non-hydrogen) atoms. The van der Waals surface area contributed by atoms with Crippen LogP contribution in [-0.4, -0.2) is 12.3 Å². The van der Waals surface area contributed by atoms with Crippen molar-refractivity contribution in [3.05, 3.63) is 243 Å². The second-order valence-corrected chi connectivity index (χ2v) is 13.0. The molecular weight excluding hydrogens is 750 g/mol. The van der Waals surface area contributed by atoms with Gasteiger partial charge < -0.3 is 0 Å². The molecule has 0 aliphatic heterocycles. The minimum absolute atomic E-state index is 0. The summed E-state index contributed by atoms with van der Waals surface area (Å²) in [5.74, 6) is 0. The van der Waals surface area contributed by atoms with Gasteiger partial charge in [0.1, 0.15) is 12.3 Å². The molecule has 0 atom stereocenters. The van der Waals surface area contributed by atoms with Crippen LogP contribution in [0, 0.1) is 49.4 Å². The van der Waals surface area contributed by atoms with Crippen LogP contribution in [0.2, 0.25) is 0 Å². The molecule has 0 bridgehead atoms. The summed E-state index contributed by atoms with van der Waals surface area (Å²) >= 11 is 0. The van der Waals surface area contributed by atoms with Crippen molar-refractivity contribution in [2.45, 2.75) is 0 Å². The molecule has 0 fully saturated rings. The van der Waals surface area contributed by atoms with Crippen LogP contribution in [-0.2, 0) is 0 Å². The molecule has 0 heterocycles. The van der Waals surface area contributed by atoms with E-state index >= 15 is 0 Å². The Labute approximate surface area is 344 Å². The minimum atomic E-state index is -1.22. The zero-order chi connectivity index (χ0) is 33.9. The van der Waals surface area contributed by atoms with E-state index in [1.807, 2.05) is 0 Å². The van der Waals surface area contributed by atoms with E-state index in [9.17, 15) is 0 Å². The topological polar surface area (TPSA) is 0 Å². The van der Waals surface area contributed by atoms with Gasteiger partial charge in [-0.2, -0.15) is 43.7 Å². The van der Waals surface area contributed by atoms with Gasteiger partial charge in [0.25, 0.3) is 0 Å². The zero-order valence-electron chi connectivity index (χ0n) is 28.6. The molecule has 0 aliphatic rings. The summed E-state index contributed by atoms with van der Waals surface area (Å²) in [6.45, 7) is 0. The number of hydrogen-bond acceptors (Lipinski definition) is 0. The van der Waals surface area contributed by atoms with Crippen LogP contribution in [0.15, 0.2) is 243 Å². The van der Waals surface area contributed by atoms with Gasteiger partial charge in [0.15, 0.2) is 0 Å². The van der Waals surface area contributed by atoms with Crippen molar-refractivity contribution in [3.63, 3.8) is 0 Å². The molecule has 1 radical (unpaired) electrons. The quantitative estimate of drug-likeness (QED) is 0.163. The van der Waals surface area contributed by atoms with Crippen LogP contribution in [0.5, 0.6) is 0 Å². The summed E-state index contributed by atoms with van der Waals surface area (Å²) in [6, 6.07) is 87.1. The molecule has 0 N–H and O–H groups in total. The summed E-state index contributed by atoms with van der Waals surface area (Å²) in [6.07, 6.45) is -2.43. The molecule has 0 spiro atoms. The summed E-state index contributed by atoms with van der Waals surface area (Å²) in [4.78, 5) is 0. The third kappa shape index (κ3) is 7.44. The Balaban J connectivity index is 0.000000172. The molecule has 0 saturated heterocycles. The Morgan fingerprint density at radius 3 is 0.353 bits per heavy atom. The Bertz CT molecular complexity index is 1680. The fourth-order valence-electron chi connectivity index (χ4n) is 8.24. The first kappa shape index (κ1) is 36.3. The molecule has 0 aromatic heterocycles. The normalized spacial score (nSPS) is 11.0. The van der Waals surface area contributed by atoms with Crippen molar-refractivity contribution in [1.82, 2.24) is 0 Å². The Hall–Kier alpha value is -4.53. The van der Waals surface area contributed by atoms with Crippen LogP contribution in [0.1, 0.15) is 0 Å². The van der Waals surface area contributed by atoms with Gasteiger partial charge in [-0.3, -0.25) is 0 Å². The molecule has 0 saturated carbocycles. The predicted molar refractivity (Wildman–Crippen MR) is 220 cm³/mol. The first-order valence-electron chi connectivity index (χ1n) is 17.6. The molecule has 245 valence electrons. The van der Waals surface area contributed by atoms with Crippen molar-refractivity contribution < 1.29 is 49.4 Å². The second-order valence-electron chi connectivity index (χ2n) is 13.0. The first-order chi connectivity index (χ1) is 24.8. The van der Waals surface area contributed by atoms with Crippen LogP contribution in [0.25, 0.3) is 0 Å². The molecule has 0 amide bonds. The maximum absolute atomic E-state index is 2.26. The Kier molecular flexibility index (Phi) is 12.5. The molecule has 0 nitrogen and oxygen atoms in total. The van der Waals surface area contributed by atoms with E-state index in [0.717, 1.165) is 0 Å². The second kappa shape index (κ2) is 17.6. The molecule has 8 aromatic carbocycles. The minimum Gasteiger partial charge on any atom is -0.195 e. The van der Waals surface area contributed by atoms with Gasteiger partial charge in [-0.1, -0.05) is 243 Å². The van der Waals surface area contributed by atoms with E-state index in [-0.39, 0.29) is 49.4 Å². The average molecular weight is 790 g/mol. The standard InChI is InChI=1S/2C24H20B.Eu/c2*1-5-13-21(14-6-1)25(22-15-7-2-8-16-22,23-17-9-3-10-18-23)24-19-11-4-12-20-24;/h2*1-20H;/q2*-1;+2. The van der Waals surface area contributed by atoms with Crippen molar-refractivity contribution >= 4 is 56.0 Å². The molecule has 8 rings (SSSR count). The monoisotopic (exact) mass is 791 g/mol. The van der Waals surface area contributed by atoms with Gasteiger partial charge in [-0.25, -0.2) is 0 Å². The third-order valence-electron chi connectivity index (χ3n) is 10.4. The fourth-order valence-corrected chi connectivity index (χ4v) is 8.24. The zero-order valence-corrected chi connectivity index (χ0v) is 31.1. The molecule has 3 heteroatoms. The van der Waals surface area contributed by atoms with Crippen LogP contribution >= 0.6 is 0 Å². The maximum atomic E-state index is 2.26. The smallest absolute Gasteiger partial charge is 0.195 e. The van der Waals surface area contributed by atoms with Gasteiger partial charge >= 0.3 is 49.4 Å². The summed E-state index contributed by atoms with van der Waals surface area (Å²) < 4.78 is 0. The maximum Gasteiger partial charge on any atom is 2.00 e. The number of benzene rings is 8. The third-order valence-corrected chi connectivity index (χ3v) is 10.4. The predicted octanol–water partition coefficient (Wildman–Crippen LogP) is 6.13. The summed E-state index contributed by atoms with van der Waals surface area (Å²) in [5, 5.41) is 0. The largest absolute Gasteiger partial charge is 2.00 e. The van der Waals surface area contributed by atoms with Crippen LogP contribution in [0.3, 0.4) is 0 Å². The summed E-state index contributed by atoms with van der Waals surface area (Å²) in [5.41, 5.74) is 10.7. The van der Waals surface area contributed by atoms with Crippen molar-refractivity contribution in [1.29, 1.82) is 0 Å². The van der Waals surface area contributed by atoms with Gasteiger partial charge in [0.05, 0.1) is 0 Å². The van der Waals surface area contributed by atoms with Crippen molar-refractivity contribution in [2.75, 3.05) is 0 Å². The molecule has 0 unspecified atom stereocenters. The number of hydrogen-bond donors (Lipinski definition) is 0. The van der Waals surface area contributed by atoms with Gasteiger partial charge in [0.2, 0.25) is 0 Å². The fraction of sp³-hybridized carbons (Fsp3) is 0. The molecule has 0 aliphatic carbocycles. The number of rotatable bonds is 8. The molecular formula is C48H40B2Eu. The van der Waals surface area contributed by atoms with Crippen LogP contribution in [0.4, 0.5) is 0 Å². The van der Waals surface area contributed by atoms with Gasteiger partial charge in [-0.05, 0) is 0 Å². The van der Waals surface area contributed by atoms with Crippen LogP contribution < -0.4 is 43.7 Å². The Morgan fingerprint density at radius 1 is 0.157 bits per heavy atom. The van der Waals surface area contributed by atoms with E-state index in [1.54, 1.807) is 0 Å². The first-order valence-corrected chi connectivity index (χ1v) is 17.6. The molecule has 8 aromatic rings. The van der Waals surface area contributed by atoms with E-state index in [1.165, 1.54) is 43.7 Å². The van der Waals surface area contributed by atoms with Crippen molar-refractivity contribution in [3.8, 4) is 0 Å². The average Bonchev–Trinajstić information content (AvgIpc) is 3.22.